The molecule has 1 aliphatic rings. The number of aromatic hydroxyl groups is 1. The molecule has 0 bridgehead atoms. The summed E-state index contributed by atoms with van der Waals surface area (Å²) in [4.78, 5) is 0. The molecule has 30 heavy (non-hydrogen) atoms. The first kappa shape index (κ1) is 22.9. The summed E-state index contributed by atoms with van der Waals surface area (Å²) < 4.78 is 60.6. The van der Waals surface area contributed by atoms with Crippen LogP contribution in [-0.2, 0) is 15.3 Å². The van der Waals surface area contributed by atoms with E-state index in [-0.39, 0.29) is 28.5 Å². The summed E-state index contributed by atoms with van der Waals surface area (Å²) >= 11 is 0. The number of phenolic OH excluding ortho intramolecular Hbond substituents is 1. The van der Waals surface area contributed by atoms with Gasteiger partial charge in [0.25, 0.3) is 7.37 Å². The van der Waals surface area contributed by atoms with Crippen LogP contribution in [0.1, 0.15) is 45.6 Å². The Morgan fingerprint density at radius 1 is 1.10 bits per heavy atom. The Morgan fingerprint density at radius 2 is 1.77 bits per heavy atom. The van der Waals surface area contributed by atoms with Gasteiger partial charge in [0.15, 0.2) is 0 Å². The van der Waals surface area contributed by atoms with Gasteiger partial charge in [0.05, 0.1) is 17.0 Å². The van der Waals surface area contributed by atoms with Crippen molar-refractivity contribution in [1.29, 1.82) is 0 Å². The molecule has 4 atom stereocenters. The molecule has 164 valence electrons. The molecular weight excluding hydrogens is 412 g/mol. The molecule has 0 aliphatic heterocycles. The van der Waals surface area contributed by atoms with Crippen molar-refractivity contribution in [1.82, 2.24) is 0 Å². The molecule has 0 saturated heterocycles. The average molecular weight is 440 g/mol. The Kier molecular flexibility index (Phi) is 6.69. The lowest BCUT2D eigenvalue weighted by atomic mass is 9.75. The smallest absolute Gasteiger partial charge is 0.416 e. The number of hydrogen-bond acceptors (Lipinski definition) is 3. The van der Waals surface area contributed by atoms with Gasteiger partial charge in [0.2, 0.25) is 0 Å². The molecular formula is C23H28F3O3P. The normalized spacial score (nSPS) is 24.6. The topological polar surface area (TPSA) is 46.5 Å². The van der Waals surface area contributed by atoms with Crippen LogP contribution in [0.2, 0.25) is 0 Å². The van der Waals surface area contributed by atoms with Crippen LogP contribution in [0.25, 0.3) is 0 Å². The van der Waals surface area contributed by atoms with Crippen LogP contribution < -0.4 is 10.6 Å². The van der Waals surface area contributed by atoms with Gasteiger partial charge in [-0.15, -0.1) is 0 Å². The molecule has 3 nitrogen and oxygen atoms in total. The van der Waals surface area contributed by atoms with Gasteiger partial charge in [-0.25, -0.2) is 0 Å². The summed E-state index contributed by atoms with van der Waals surface area (Å²) in [5.74, 6) is 0.331. The Morgan fingerprint density at radius 3 is 2.37 bits per heavy atom. The Hall–Kier alpha value is -1.78. The van der Waals surface area contributed by atoms with E-state index in [0.29, 0.717) is 12.3 Å². The second-order valence-electron chi connectivity index (χ2n) is 8.56. The van der Waals surface area contributed by atoms with E-state index >= 15 is 0 Å². The van der Waals surface area contributed by atoms with Gasteiger partial charge in [0.1, 0.15) is 5.75 Å². The lowest BCUT2D eigenvalue weighted by Crippen LogP contribution is -2.36. The van der Waals surface area contributed by atoms with E-state index in [1.165, 1.54) is 0 Å². The number of phenols is 1. The highest BCUT2D eigenvalue weighted by atomic mass is 31.2. The highest BCUT2D eigenvalue weighted by Gasteiger charge is 2.41. The summed E-state index contributed by atoms with van der Waals surface area (Å²) in [5, 5.41) is 10.4. The molecule has 0 radical (unpaired) electrons. The minimum atomic E-state index is -4.62. The maximum absolute atomic E-state index is 14.3. The largest absolute Gasteiger partial charge is 0.507 e. The van der Waals surface area contributed by atoms with Crippen LogP contribution >= 0.6 is 7.37 Å². The van der Waals surface area contributed by atoms with Crippen molar-refractivity contribution in [2.75, 3.05) is 0 Å². The number of benzene rings is 2. The van der Waals surface area contributed by atoms with Gasteiger partial charge in [-0.05, 0) is 60.9 Å². The van der Waals surface area contributed by atoms with Gasteiger partial charge < -0.3 is 9.63 Å². The second kappa shape index (κ2) is 8.76. The first-order chi connectivity index (χ1) is 14.0. The zero-order valence-electron chi connectivity index (χ0n) is 17.4. The van der Waals surface area contributed by atoms with Crippen molar-refractivity contribution >= 4 is 18.0 Å². The highest BCUT2D eigenvalue weighted by molar-refractivity contribution is 7.74. The van der Waals surface area contributed by atoms with Crippen molar-refractivity contribution in [2.45, 2.75) is 52.3 Å². The van der Waals surface area contributed by atoms with Crippen LogP contribution in [0.3, 0.4) is 0 Å². The lowest BCUT2D eigenvalue weighted by molar-refractivity contribution is -0.137. The van der Waals surface area contributed by atoms with Gasteiger partial charge in [-0.3, -0.25) is 4.57 Å². The zero-order chi connectivity index (χ0) is 22.1. The molecule has 0 spiro atoms. The predicted octanol–water partition coefficient (Wildman–Crippen LogP) is 6.12. The maximum atomic E-state index is 14.3. The van der Waals surface area contributed by atoms with Crippen molar-refractivity contribution in [2.24, 2.45) is 17.8 Å². The van der Waals surface area contributed by atoms with Crippen LogP contribution in [0.4, 0.5) is 13.2 Å². The predicted molar refractivity (Wildman–Crippen MR) is 113 cm³/mol. The third kappa shape index (κ3) is 4.76. The molecule has 0 amide bonds. The molecule has 0 unspecified atom stereocenters. The number of hydrogen-bond donors (Lipinski definition) is 1. The zero-order valence-corrected chi connectivity index (χ0v) is 18.3. The molecule has 1 fully saturated rings. The highest BCUT2D eigenvalue weighted by Crippen LogP contribution is 2.52. The molecule has 0 heterocycles. The van der Waals surface area contributed by atoms with Gasteiger partial charge >= 0.3 is 6.18 Å². The monoisotopic (exact) mass is 440 g/mol. The molecule has 1 aliphatic carbocycles. The number of alkyl halides is 3. The van der Waals surface area contributed by atoms with E-state index in [2.05, 4.69) is 20.8 Å². The first-order valence-corrected chi connectivity index (χ1v) is 11.9. The van der Waals surface area contributed by atoms with Gasteiger partial charge in [-0.2, -0.15) is 13.2 Å². The first-order valence-electron chi connectivity index (χ1n) is 10.3. The summed E-state index contributed by atoms with van der Waals surface area (Å²) in [5.41, 5.74) is -0.965. The van der Waals surface area contributed by atoms with Crippen molar-refractivity contribution in [3.8, 4) is 5.75 Å². The number of halogens is 3. The van der Waals surface area contributed by atoms with E-state index in [1.54, 1.807) is 30.3 Å². The minimum Gasteiger partial charge on any atom is -0.507 e. The standard InChI is InChI=1S/C23H28F3O3P/c1-15(2)19-11-9-16(3)13-21(19)29-30(28,18-7-5-4-6-8-18)22-14-17(23(24,25)26)10-12-20(22)27/h4-8,10,12,14-16,19,21,27H,9,11,13H2,1-3H3/t16-,19+,21-,30-/m1/s1. The van der Waals surface area contributed by atoms with Crippen molar-refractivity contribution < 1.29 is 27.4 Å². The Balaban J connectivity index is 2.13. The van der Waals surface area contributed by atoms with E-state index < -0.39 is 24.9 Å². The molecule has 3 rings (SSSR count). The van der Waals surface area contributed by atoms with Crippen LogP contribution in [0, 0.1) is 17.8 Å². The van der Waals surface area contributed by atoms with Crippen LogP contribution in [-0.4, -0.2) is 11.2 Å². The molecule has 1 saturated carbocycles. The Bertz CT molecular complexity index is 912. The fraction of sp³-hybridized carbons (Fsp3) is 0.478. The second-order valence-corrected chi connectivity index (χ2v) is 10.9. The maximum Gasteiger partial charge on any atom is 0.416 e. The van der Waals surface area contributed by atoms with Crippen molar-refractivity contribution in [3.05, 3.63) is 54.1 Å². The molecule has 1 N–H and O–H groups in total. The van der Waals surface area contributed by atoms with Crippen molar-refractivity contribution in [3.63, 3.8) is 0 Å². The van der Waals surface area contributed by atoms with E-state index in [0.717, 1.165) is 31.0 Å². The summed E-state index contributed by atoms with van der Waals surface area (Å²) in [7, 11) is -3.98. The van der Waals surface area contributed by atoms with Crippen LogP contribution in [0.5, 0.6) is 5.75 Å². The van der Waals surface area contributed by atoms with E-state index in [4.69, 9.17) is 4.52 Å². The fourth-order valence-corrected chi connectivity index (χ4v) is 6.63. The SMILES string of the molecule is CC(C)[C@@H]1CC[C@@H](C)C[C@H]1O[P@](=O)(c1ccccc1)c1cc(C(F)(F)F)ccc1O. The number of rotatable bonds is 5. The molecule has 0 aromatic heterocycles. The third-order valence-corrected chi connectivity index (χ3v) is 8.50. The summed E-state index contributed by atoms with van der Waals surface area (Å²) in [6, 6.07) is 10.7. The Labute approximate surface area is 175 Å². The van der Waals surface area contributed by atoms with Gasteiger partial charge in [-0.1, -0.05) is 45.4 Å². The minimum absolute atomic E-state index is 0.145. The summed E-state index contributed by atoms with van der Waals surface area (Å²) in [6.07, 6.45) is -2.36. The quantitative estimate of drug-likeness (QED) is 0.570. The fourth-order valence-electron chi connectivity index (χ4n) is 4.24. The average Bonchev–Trinajstić information content (AvgIpc) is 2.67. The van der Waals surface area contributed by atoms with Crippen LogP contribution in [0.15, 0.2) is 48.5 Å². The lowest BCUT2D eigenvalue weighted by Gasteiger charge is -2.39. The molecule has 7 heteroatoms. The third-order valence-electron chi connectivity index (χ3n) is 5.96. The molecule has 2 aromatic carbocycles. The van der Waals surface area contributed by atoms with E-state index in [1.807, 2.05) is 0 Å². The van der Waals surface area contributed by atoms with Gasteiger partial charge in [0, 0.05) is 5.30 Å². The molecule has 2 aromatic rings. The van der Waals surface area contributed by atoms with E-state index in [9.17, 15) is 22.8 Å². The summed E-state index contributed by atoms with van der Waals surface area (Å²) in [6.45, 7) is 6.25.